The Bertz CT molecular complexity index is 204. The van der Waals surface area contributed by atoms with E-state index in [1.165, 1.54) is 30.9 Å². The van der Waals surface area contributed by atoms with E-state index in [4.69, 9.17) is 0 Å². The van der Waals surface area contributed by atoms with Crippen molar-refractivity contribution in [3.05, 3.63) is 0 Å². The molecule has 0 aromatic carbocycles. The maximum atomic E-state index is 3.46. The van der Waals surface area contributed by atoms with Gasteiger partial charge in [-0.25, -0.2) is 0 Å². The first-order valence-corrected chi connectivity index (χ1v) is 7.40. The van der Waals surface area contributed by atoms with Crippen molar-refractivity contribution in [1.82, 2.24) is 10.2 Å². The van der Waals surface area contributed by atoms with E-state index in [1.54, 1.807) is 0 Å². The van der Waals surface area contributed by atoms with E-state index in [-0.39, 0.29) is 0 Å². The maximum absolute atomic E-state index is 3.46. The highest BCUT2D eigenvalue weighted by atomic mass is 32.2. The zero-order chi connectivity index (χ0) is 10.8. The number of likely N-dealkylation sites (tertiary alicyclic amines) is 1. The minimum absolute atomic E-state index is 0.727. The molecule has 2 aliphatic rings. The Balaban J connectivity index is 1.97. The van der Waals surface area contributed by atoms with Crippen LogP contribution < -0.4 is 5.32 Å². The second-order valence-electron chi connectivity index (χ2n) is 5.04. The summed E-state index contributed by atoms with van der Waals surface area (Å²) in [5.74, 6) is 3.52. The van der Waals surface area contributed by atoms with Gasteiger partial charge >= 0.3 is 0 Å². The summed E-state index contributed by atoms with van der Waals surface area (Å²) in [5, 5.41) is 3.46. The van der Waals surface area contributed by atoms with Gasteiger partial charge in [-0.1, -0.05) is 6.92 Å². The Morgan fingerprint density at radius 2 is 2.07 bits per heavy atom. The van der Waals surface area contributed by atoms with Gasteiger partial charge in [0, 0.05) is 30.4 Å². The lowest BCUT2D eigenvalue weighted by Crippen LogP contribution is -2.55. The van der Waals surface area contributed by atoms with Crippen molar-refractivity contribution < 1.29 is 0 Å². The SMILES string of the molecule is CNC1CCN(C2CCSC2)C(C)C1C. The van der Waals surface area contributed by atoms with Crippen LogP contribution in [0.5, 0.6) is 0 Å². The van der Waals surface area contributed by atoms with Crippen LogP contribution >= 0.6 is 11.8 Å². The number of rotatable bonds is 2. The fraction of sp³-hybridized carbons (Fsp3) is 1.00. The third kappa shape index (κ3) is 2.34. The number of hydrogen-bond donors (Lipinski definition) is 1. The molecule has 0 saturated carbocycles. The highest BCUT2D eigenvalue weighted by Gasteiger charge is 2.35. The summed E-state index contributed by atoms with van der Waals surface area (Å²) >= 11 is 2.13. The topological polar surface area (TPSA) is 15.3 Å². The summed E-state index contributed by atoms with van der Waals surface area (Å²) in [6.45, 7) is 6.11. The van der Waals surface area contributed by atoms with Crippen LogP contribution in [-0.2, 0) is 0 Å². The van der Waals surface area contributed by atoms with Gasteiger partial charge in [-0.15, -0.1) is 0 Å². The summed E-state index contributed by atoms with van der Waals surface area (Å²) in [6, 6.07) is 2.34. The van der Waals surface area contributed by atoms with Gasteiger partial charge in [-0.2, -0.15) is 11.8 Å². The third-order valence-corrected chi connectivity index (χ3v) is 5.51. The molecule has 2 nitrogen and oxygen atoms in total. The molecular formula is C12H24N2S. The molecule has 0 aliphatic carbocycles. The van der Waals surface area contributed by atoms with E-state index in [1.807, 2.05) is 0 Å². The van der Waals surface area contributed by atoms with Crippen molar-refractivity contribution in [3.63, 3.8) is 0 Å². The van der Waals surface area contributed by atoms with E-state index in [9.17, 15) is 0 Å². The lowest BCUT2D eigenvalue weighted by molar-refractivity contribution is 0.0576. The van der Waals surface area contributed by atoms with Crippen molar-refractivity contribution in [2.45, 2.75) is 44.8 Å². The lowest BCUT2D eigenvalue weighted by atomic mass is 9.86. The molecule has 0 aromatic rings. The average molecular weight is 228 g/mol. The standard InChI is InChI=1S/C12H24N2S/c1-9-10(2)14(6-4-12(9)13-3)11-5-7-15-8-11/h9-13H,4-8H2,1-3H3. The second-order valence-corrected chi connectivity index (χ2v) is 6.19. The zero-order valence-corrected chi connectivity index (χ0v) is 11.0. The van der Waals surface area contributed by atoms with Crippen LogP contribution in [0.25, 0.3) is 0 Å². The number of nitrogens with one attached hydrogen (secondary N) is 1. The molecule has 0 aromatic heterocycles. The van der Waals surface area contributed by atoms with Crippen LogP contribution in [0.1, 0.15) is 26.7 Å². The molecule has 0 bridgehead atoms. The van der Waals surface area contributed by atoms with Crippen molar-refractivity contribution in [3.8, 4) is 0 Å². The molecule has 88 valence electrons. The van der Waals surface area contributed by atoms with Crippen LogP contribution in [0.15, 0.2) is 0 Å². The molecule has 1 N–H and O–H groups in total. The van der Waals surface area contributed by atoms with Crippen molar-refractivity contribution in [1.29, 1.82) is 0 Å². The summed E-state index contributed by atoms with van der Waals surface area (Å²) in [6.07, 6.45) is 2.73. The molecule has 2 saturated heterocycles. The predicted octanol–water partition coefficient (Wildman–Crippen LogP) is 1.81. The molecule has 15 heavy (non-hydrogen) atoms. The van der Waals surface area contributed by atoms with E-state index in [2.05, 4.69) is 42.9 Å². The van der Waals surface area contributed by atoms with Gasteiger partial charge in [0.15, 0.2) is 0 Å². The lowest BCUT2D eigenvalue weighted by Gasteiger charge is -2.45. The van der Waals surface area contributed by atoms with Gasteiger partial charge in [0.1, 0.15) is 0 Å². The normalized spacial score (nSPS) is 43.4. The quantitative estimate of drug-likeness (QED) is 0.776. The summed E-state index contributed by atoms with van der Waals surface area (Å²) < 4.78 is 0. The molecule has 2 fully saturated rings. The van der Waals surface area contributed by atoms with Gasteiger partial charge in [-0.05, 0) is 38.5 Å². The summed E-state index contributed by atoms with van der Waals surface area (Å²) in [7, 11) is 2.11. The molecule has 2 rings (SSSR count). The van der Waals surface area contributed by atoms with Gasteiger partial charge in [0.25, 0.3) is 0 Å². The van der Waals surface area contributed by atoms with E-state index in [0.29, 0.717) is 0 Å². The first-order chi connectivity index (χ1) is 7.24. The molecule has 2 heterocycles. The first-order valence-electron chi connectivity index (χ1n) is 6.24. The molecule has 4 unspecified atom stereocenters. The minimum Gasteiger partial charge on any atom is -0.317 e. The van der Waals surface area contributed by atoms with Gasteiger partial charge in [-0.3, -0.25) is 4.90 Å². The van der Waals surface area contributed by atoms with Crippen molar-refractivity contribution in [2.75, 3.05) is 25.1 Å². The second kappa shape index (κ2) is 5.07. The number of thioether (sulfide) groups is 1. The Labute approximate surface area is 98.2 Å². The smallest absolute Gasteiger partial charge is 0.0197 e. The number of nitrogens with zero attached hydrogens (tertiary/aromatic N) is 1. The zero-order valence-electron chi connectivity index (χ0n) is 10.2. The first kappa shape index (κ1) is 11.7. The van der Waals surface area contributed by atoms with Gasteiger partial charge < -0.3 is 5.32 Å². The fourth-order valence-electron chi connectivity index (χ4n) is 3.10. The van der Waals surface area contributed by atoms with E-state index in [0.717, 1.165) is 24.0 Å². The molecule has 3 heteroatoms. The Morgan fingerprint density at radius 1 is 1.27 bits per heavy atom. The average Bonchev–Trinajstić information content (AvgIpc) is 2.75. The summed E-state index contributed by atoms with van der Waals surface area (Å²) in [4.78, 5) is 2.76. The summed E-state index contributed by atoms with van der Waals surface area (Å²) in [5.41, 5.74) is 0. The minimum atomic E-state index is 0.727. The number of piperidine rings is 1. The Morgan fingerprint density at radius 3 is 2.67 bits per heavy atom. The fourth-order valence-corrected chi connectivity index (χ4v) is 4.33. The Kier molecular flexibility index (Phi) is 3.97. The highest BCUT2D eigenvalue weighted by molar-refractivity contribution is 7.99. The van der Waals surface area contributed by atoms with Gasteiger partial charge in [0.2, 0.25) is 0 Å². The maximum Gasteiger partial charge on any atom is 0.0197 e. The van der Waals surface area contributed by atoms with Crippen LogP contribution in [0.4, 0.5) is 0 Å². The molecule has 0 radical (unpaired) electrons. The molecule has 0 amide bonds. The van der Waals surface area contributed by atoms with Gasteiger partial charge in [0.05, 0.1) is 0 Å². The van der Waals surface area contributed by atoms with E-state index >= 15 is 0 Å². The van der Waals surface area contributed by atoms with Crippen molar-refractivity contribution >= 4 is 11.8 Å². The number of hydrogen-bond acceptors (Lipinski definition) is 3. The molecule has 0 spiro atoms. The van der Waals surface area contributed by atoms with Crippen LogP contribution in [0, 0.1) is 5.92 Å². The van der Waals surface area contributed by atoms with Crippen LogP contribution in [-0.4, -0.2) is 48.1 Å². The predicted molar refractivity (Wildman–Crippen MR) is 68.5 cm³/mol. The molecule has 4 atom stereocenters. The largest absolute Gasteiger partial charge is 0.317 e. The monoisotopic (exact) mass is 228 g/mol. The molecule has 2 aliphatic heterocycles. The third-order valence-electron chi connectivity index (χ3n) is 4.36. The van der Waals surface area contributed by atoms with E-state index < -0.39 is 0 Å². The highest BCUT2D eigenvalue weighted by Crippen LogP contribution is 2.30. The molecular weight excluding hydrogens is 204 g/mol. The Hall–Kier alpha value is 0.270. The van der Waals surface area contributed by atoms with Crippen LogP contribution in [0.2, 0.25) is 0 Å². The van der Waals surface area contributed by atoms with Crippen molar-refractivity contribution in [2.24, 2.45) is 5.92 Å². The van der Waals surface area contributed by atoms with Crippen LogP contribution in [0.3, 0.4) is 0 Å².